The summed E-state index contributed by atoms with van der Waals surface area (Å²) in [5.41, 5.74) is 2.06. The Bertz CT molecular complexity index is 1010. The van der Waals surface area contributed by atoms with E-state index in [1.807, 2.05) is 6.92 Å². The van der Waals surface area contributed by atoms with Gasteiger partial charge in [-0.3, -0.25) is 14.5 Å². The third-order valence-corrected chi connectivity index (χ3v) is 4.85. The summed E-state index contributed by atoms with van der Waals surface area (Å²) in [6, 6.07) is 8.59. The predicted molar refractivity (Wildman–Crippen MR) is 102 cm³/mol. The molecule has 3 rings (SSSR count). The topological polar surface area (TPSA) is 76.8 Å². The van der Waals surface area contributed by atoms with Crippen LogP contribution in [0.4, 0.5) is 4.79 Å². The van der Waals surface area contributed by atoms with Crippen LogP contribution >= 0.6 is 11.8 Å². The molecule has 1 aliphatic heterocycles. The van der Waals surface area contributed by atoms with Gasteiger partial charge in [-0.25, -0.2) is 4.79 Å². The van der Waals surface area contributed by atoms with Gasteiger partial charge in [-0.2, -0.15) is 0 Å². The largest absolute Gasteiger partial charge is 0.465 e. The van der Waals surface area contributed by atoms with Gasteiger partial charge >= 0.3 is 5.97 Å². The standard InChI is InChI=1S/C20H15NO5S/c1-4-9-21-18(22)17(27-20(21)24)11-14-7-8-16(26-14)15-10-13(19(23)25-3)6-5-12(15)2/h1,5-8,10-11H,9H2,2-3H3/b17-11+. The van der Waals surface area contributed by atoms with Gasteiger partial charge in [0.05, 0.1) is 24.1 Å². The lowest BCUT2D eigenvalue weighted by atomic mass is 10.0. The number of carbonyl (C=O) groups excluding carboxylic acids is 3. The van der Waals surface area contributed by atoms with Crippen LogP contribution < -0.4 is 0 Å². The average molecular weight is 381 g/mol. The highest BCUT2D eigenvalue weighted by atomic mass is 32.2. The van der Waals surface area contributed by atoms with E-state index in [-0.39, 0.29) is 11.4 Å². The lowest BCUT2D eigenvalue weighted by molar-refractivity contribution is -0.122. The number of terminal acetylenes is 1. The van der Waals surface area contributed by atoms with E-state index < -0.39 is 17.1 Å². The number of rotatable bonds is 4. The minimum absolute atomic E-state index is 0.0646. The quantitative estimate of drug-likeness (QED) is 0.456. The van der Waals surface area contributed by atoms with Gasteiger partial charge in [-0.1, -0.05) is 12.0 Å². The maximum Gasteiger partial charge on any atom is 0.337 e. The fourth-order valence-corrected chi connectivity index (χ4v) is 3.38. The molecule has 1 fully saturated rings. The molecule has 1 aromatic carbocycles. The molecule has 0 saturated carbocycles. The number of thioether (sulfide) groups is 1. The molecule has 7 heteroatoms. The number of carbonyl (C=O) groups is 3. The van der Waals surface area contributed by atoms with Crippen molar-refractivity contribution in [3.8, 4) is 23.7 Å². The zero-order valence-corrected chi connectivity index (χ0v) is 15.5. The average Bonchev–Trinajstić information content (AvgIpc) is 3.22. The van der Waals surface area contributed by atoms with E-state index in [9.17, 15) is 14.4 Å². The van der Waals surface area contributed by atoms with Crippen molar-refractivity contribution in [1.29, 1.82) is 0 Å². The van der Waals surface area contributed by atoms with Crippen molar-refractivity contribution in [1.82, 2.24) is 4.90 Å². The first-order chi connectivity index (χ1) is 12.9. The smallest absolute Gasteiger partial charge is 0.337 e. The molecule has 136 valence electrons. The van der Waals surface area contributed by atoms with E-state index in [4.69, 9.17) is 15.6 Å². The Hall–Kier alpha value is -3.24. The van der Waals surface area contributed by atoms with E-state index in [0.29, 0.717) is 17.1 Å². The number of hydrogen-bond donors (Lipinski definition) is 0. The summed E-state index contributed by atoms with van der Waals surface area (Å²) in [6.07, 6.45) is 6.68. The summed E-state index contributed by atoms with van der Waals surface area (Å²) in [4.78, 5) is 37.0. The van der Waals surface area contributed by atoms with Gasteiger partial charge < -0.3 is 9.15 Å². The van der Waals surface area contributed by atoms with Gasteiger partial charge in [0, 0.05) is 11.6 Å². The summed E-state index contributed by atoms with van der Waals surface area (Å²) in [5, 5.41) is -0.405. The molecular weight excluding hydrogens is 366 g/mol. The van der Waals surface area contributed by atoms with Crippen molar-refractivity contribution in [2.75, 3.05) is 13.7 Å². The number of furan rings is 1. The Labute approximate surface area is 160 Å². The van der Waals surface area contributed by atoms with Crippen LogP contribution in [-0.4, -0.2) is 35.7 Å². The number of nitrogens with zero attached hydrogens (tertiary/aromatic N) is 1. The van der Waals surface area contributed by atoms with Crippen LogP contribution in [0, 0.1) is 19.3 Å². The van der Waals surface area contributed by atoms with Crippen LogP contribution in [0.1, 0.15) is 21.7 Å². The third-order valence-electron chi connectivity index (χ3n) is 3.95. The summed E-state index contributed by atoms with van der Waals surface area (Å²) in [5.74, 6) is 2.36. The fourth-order valence-electron chi connectivity index (χ4n) is 2.56. The predicted octanol–water partition coefficient (Wildman–Crippen LogP) is 3.71. The Morgan fingerprint density at radius 3 is 2.81 bits per heavy atom. The molecule has 2 heterocycles. The molecule has 27 heavy (non-hydrogen) atoms. The molecule has 1 saturated heterocycles. The Morgan fingerprint density at radius 2 is 2.11 bits per heavy atom. The van der Waals surface area contributed by atoms with Gasteiger partial charge in [0.25, 0.3) is 11.1 Å². The summed E-state index contributed by atoms with van der Waals surface area (Å²) in [7, 11) is 1.32. The van der Waals surface area contributed by atoms with Crippen molar-refractivity contribution in [3.63, 3.8) is 0 Å². The molecule has 6 nitrogen and oxygen atoms in total. The summed E-state index contributed by atoms with van der Waals surface area (Å²) in [6.45, 7) is 1.83. The molecule has 0 aliphatic carbocycles. The van der Waals surface area contributed by atoms with Crippen LogP contribution in [0.25, 0.3) is 17.4 Å². The second-order valence-corrected chi connectivity index (χ2v) is 6.69. The number of ether oxygens (including phenoxy) is 1. The van der Waals surface area contributed by atoms with Gasteiger partial charge in [0.2, 0.25) is 0 Å². The van der Waals surface area contributed by atoms with Crippen molar-refractivity contribution >= 4 is 35.0 Å². The van der Waals surface area contributed by atoms with Gasteiger partial charge in [-0.05, 0) is 48.5 Å². The summed E-state index contributed by atoms with van der Waals surface area (Å²) >= 11 is 0.816. The SMILES string of the molecule is C#CCN1C(=O)S/C(=C/c2ccc(-c3cc(C(=O)OC)ccc3C)o2)C1=O. The second-order valence-electron chi connectivity index (χ2n) is 5.70. The molecule has 0 atom stereocenters. The van der Waals surface area contributed by atoms with Crippen LogP contribution in [0.3, 0.4) is 0 Å². The highest BCUT2D eigenvalue weighted by Gasteiger charge is 2.34. The molecule has 1 aliphatic rings. The number of methoxy groups -OCH3 is 1. The molecule has 0 bridgehead atoms. The zero-order valence-electron chi connectivity index (χ0n) is 14.6. The molecule has 0 spiro atoms. The molecule has 0 unspecified atom stereocenters. The molecule has 2 aromatic rings. The molecular formula is C20H15NO5S. The molecule has 1 aromatic heterocycles. The van der Waals surface area contributed by atoms with Crippen molar-refractivity contribution in [2.45, 2.75) is 6.92 Å². The van der Waals surface area contributed by atoms with Crippen LogP contribution in [0.2, 0.25) is 0 Å². The second kappa shape index (κ2) is 7.56. The molecule has 0 N–H and O–H groups in total. The number of benzene rings is 1. The van der Waals surface area contributed by atoms with E-state index in [1.165, 1.54) is 13.2 Å². The Kier molecular flexibility index (Phi) is 5.19. The maximum absolute atomic E-state index is 12.2. The number of esters is 1. The molecule has 2 amide bonds. The number of hydrogen-bond acceptors (Lipinski definition) is 6. The van der Waals surface area contributed by atoms with Gasteiger partial charge in [0.15, 0.2) is 0 Å². The Balaban J connectivity index is 1.90. The third kappa shape index (κ3) is 3.66. The van der Waals surface area contributed by atoms with E-state index in [1.54, 1.807) is 30.3 Å². The number of aryl methyl sites for hydroxylation is 1. The highest BCUT2D eigenvalue weighted by molar-refractivity contribution is 8.18. The highest BCUT2D eigenvalue weighted by Crippen LogP contribution is 2.33. The first kappa shape index (κ1) is 18.5. The lowest BCUT2D eigenvalue weighted by Crippen LogP contribution is -2.28. The maximum atomic E-state index is 12.2. The molecule has 0 radical (unpaired) electrons. The minimum atomic E-state index is -0.440. The number of imide groups is 1. The Morgan fingerprint density at radius 1 is 1.33 bits per heavy atom. The van der Waals surface area contributed by atoms with Gasteiger partial charge in [-0.15, -0.1) is 6.42 Å². The van der Waals surface area contributed by atoms with Crippen LogP contribution in [0.15, 0.2) is 39.7 Å². The van der Waals surface area contributed by atoms with Crippen molar-refractivity contribution in [3.05, 3.63) is 52.1 Å². The van der Waals surface area contributed by atoms with Crippen molar-refractivity contribution < 1.29 is 23.5 Å². The van der Waals surface area contributed by atoms with Gasteiger partial charge in [0.1, 0.15) is 11.5 Å². The monoisotopic (exact) mass is 381 g/mol. The normalized spacial score (nSPS) is 15.3. The number of amides is 2. The van der Waals surface area contributed by atoms with Crippen molar-refractivity contribution in [2.24, 2.45) is 0 Å². The van der Waals surface area contributed by atoms with Crippen LogP contribution in [0.5, 0.6) is 0 Å². The first-order valence-corrected chi connectivity index (χ1v) is 8.74. The van der Waals surface area contributed by atoms with E-state index >= 15 is 0 Å². The first-order valence-electron chi connectivity index (χ1n) is 7.92. The van der Waals surface area contributed by atoms with E-state index in [0.717, 1.165) is 27.8 Å². The minimum Gasteiger partial charge on any atom is -0.465 e. The summed E-state index contributed by atoms with van der Waals surface area (Å²) < 4.78 is 10.5. The van der Waals surface area contributed by atoms with E-state index in [2.05, 4.69) is 5.92 Å². The zero-order chi connectivity index (χ0) is 19.6. The lowest BCUT2D eigenvalue weighted by Gasteiger charge is -2.06. The van der Waals surface area contributed by atoms with Crippen LogP contribution in [-0.2, 0) is 9.53 Å². The fraction of sp³-hybridized carbons (Fsp3) is 0.150.